The third-order valence-corrected chi connectivity index (χ3v) is 12.4. The third-order valence-electron chi connectivity index (χ3n) is 11.2. The summed E-state index contributed by atoms with van der Waals surface area (Å²) in [4.78, 5) is 6.25. The lowest BCUT2D eigenvalue weighted by Gasteiger charge is -2.31. The van der Waals surface area contributed by atoms with Gasteiger partial charge < -0.3 is 0 Å². The molecule has 2 aliphatic rings. The van der Waals surface area contributed by atoms with Gasteiger partial charge in [0, 0.05) is 22.2 Å². The molecular formula is C48H32N2S. The van der Waals surface area contributed by atoms with Crippen molar-refractivity contribution >= 4 is 75.3 Å². The number of nitrogens with zero attached hydrogens (tertiary/aromatic N) is 2. The van der Waals surface area contributed by atoms with Crippen LogP contribution in [0.2, 0.25) is 0 Å². The smallest absolute Gasteiger partial charge is 0.138 e. The topological polar surface area (TPSA) is 17.3 Å². The molecule has 2 atom stereocenters. The van der Waals surface area contributed by atoms with Gasteiger partial charge in [-0.2, -0.15) is 0 Å². The Labute approximate surface area is 299 Å². The predicted octanol–water partition coefficient (Wildman–Crippen LogP) is 13.2. The molecule has 3 heterocycles. The highest BCUT2D eigenvalue weighted by Gasteiger charge is 2.29. The molecule has 0 spiro atoms. The molecule has 6 aromatic carbocycles. The molecule has 2 aliphatic carbocycles. The Hall–Kier alpha value is -6.03. The lowest BCUT2D eigenvalue weighted by Crippen LogP contribution is -2.17. The van der Waals surface area contributed by atoms with E-state index in [0.29, 0.717) is 11.8 Å². The average Bonchev–Trinajstić information content (AvgIpc) is 3.73. The minimum Gasteiger partial charge on any atom is -0.290 e. The van der Waals surface area contributed by atoms with E-state index in [9.17, 15) is 0 Å². The van der Waals surface area contributed by atoms with Crippen molar-refractivity contribution in [1.29, 1.82) is 0 Å². The first-order valence-electron chi connectivity index (χ1n) is 17.7. The van der Waals surface area contributed by atoms with Crippen molar-refractivity contribution in [3.05, 3.63) is 175 Å². The molecule has 0 saturated carbocycles. The van der Waals surface area contributed by atoms with Crippen molar-refractivity contribution in [3.8, 4) is 22.3 Å². The van der Waals surface area contributed by atoms with E-state index in [4.69, 9.17) is 4.98 Å². The van der Waals surface area contributed by atoms with Gasteiger partial charge in [0.2, 0.25) is 0 Å². The Morgan fingerprint density at radius 2 is 1.35 bits per heavy atom. The lowest BCUT2D eigenvalue weighted by atomic mass is 9.72. The van der Waals surface area contributed by atoms with Crippen LogP contribution in [0.15, 0.2) is 170 Å². The second kappa shape index (κ2) is 11.0. The fourth-order valence-electron chi connectivity index (χ4n) is 8.68. The van der Waals surface area contributed by atoms with Crippen molar-refractivity contribution in [2.45, 2.75) is 6.92 Å². The summed E-state index contributed by atoms with van der Waals surface area (Å²) in [6.07, 6.45) is 16.0. The van der Waals surface area contributed by atoms with Crippen LogP contribution in [0.4, 0.5) is 0 Å². The number of hydrogen-bond donors (Lipinski definition) is 0. The summed E-state index contributed by atoms with van der Waals surface area (Å²) in [5, 5.41) is 8.89. The van der Waals surface area contributed by atoms with E-state index in [-0.39, 0.29) is 0 Å². The van der Waals surface area contributed by atoms with Crippen LogP contribution < -0.4 is 0 Å². The number of thiophene rings is 1. The van der Waals surface area contributed by atoms with Crippen LogP contribution in [-0.4, -0.2) is 9.38 Å². The molecule has 0 bridgehead atoms. The monoisotopic (exact) mass is 668 g/mol. The number of rotatable bonds is 3. The lowest BCUT2D eigenvalue weighted by molar-refractivity contribution is 0.601. The fraction of sp³-hybridized carbons (Fsp3) is 0.0625. The van der Waals surface area contributed by atoms with E-state index in [1.165, 1.54) is 86.2 Å². The maximum absolute atomic E-state index is 5.06. The Kier molecular flexibility index (Phi) is 6.20. The molecule has 240 valence electrons. The van der Waals surface area contributed by atoms with E-state index < -0.39 is 0 Å². The first kappa shape index (κ1) is 28.8. The van der Waals surface area contributed by atoms with Gasteiger partial charge in [-0.05, 0) is 108 Å². The van der Waals surface area contributed by atoms with Crippen LogP contribution in [0.1, 0.15) is 12.5 Å². The largest absolute Gasteiger partial charge is 0.290 e. The Bertz CT molecular complexity index is 3050. The zero-order chi connectivity index (χ0) is 33.6. The van der Waals surface area contributed by atoms with Gasteiger partial charge in [0.05, 0.1) is 0 Å². The summed E-state index contributed by atoms with van der Waals surface area (Å²) in [6, 6.07) is 44.8. The molecule has 3 aromatic heterocycles. The zero-order valence-corrected chi connectivity index (χ0v) is 28.9. The van der Waals surface area contributed by atoms with E-state index >= 15 is 0 Å². The minimum absolute atomic E-state index is 0.330. The van der Waals surface area contributed by atoms with Gasteiger partial charge in [0.15, 0.2) is 0 Å². The highest BCUT2D eigenvalue weighted by atomic mass is 32.1. The molecule has 2 nitrogen and oxygen atoms in total. The number of imidazole rings is 1. The Morgan fingerprint density at radius 3 is 2.25 bits per heavy atom. The van der Waals surface area contributed by atoms with Gasteiger partial charge in [0.25, 0.3) is 0 Å². The molecule has 51 heavy (non-hydrogen) atoms. The van der Waals surface area contributed by atoms with Crippen LogP contribution in [0.3, 0.4) is 0 Å². The summed E-state index contributed by atoms with van der Waals surface area (Å²) >= 11 is 1.81. The number of hydrogen-bond acceptors (Lipinski definition) is 2. The Balaban J connectivity index is 1.20. The molecule has 0 amide bonds. The van der Waals surface area contributed by atoms with Crippen LogP contribution in [0, 0.1) is 11.8 Å². The van der Waals surface area contributed by atoms with Crippen molar-refractivity contribution in [2.24, 2.45) is 11.8 Å². The first-order chi connectivity index (χ1) is 25.2. The predicted molar refractivity (Wildman–Crippen MR) is 218 cm³/mol. The number of allylic oxidation sites excluding steroid dienone is 8. The third kappa shape index (κ3) is 4.32. The average molecular weight is 669 g/mol. The number of pyridine rings is 1. The van der Waals surface area contributed by atoms with Crippen molar-refractivity contribution < 1.29 is 0 Å². The summed E-state index contributed by atoms with van der Waals surface area (Å²) in [6.45, 7) is 2.40. The summed E-state index contributed by atoms with van der Waals surface area (Å²) in [5.74, 6) is 0.691. The van der Waals surface area contributed by atoms with Crippen LogP contribution in [0.5, 0.6) is 0 Å². The molecule has 0 N–H and O–H groups in total. The highest BCUT2D eigenvalue weighted by molar-refractivity contribution is 7.25. The highest BCUT2D eigenvalue weighted by Crippen LogP contribution is 2.48. The minimum atomic E-state index is 0.330. The van der Waals surface area contributed by atoms with E-state index in [1.54, 1.807) is 0 Å². The van der Waals surface area contributed by atoms with Crippen LogP contribution in [0.25, 0.3) is 86.2 Å². The Morgan fingerprint density at radius 1 is 0.608 bits per heavy atom. The fourth-order valence-corrected chi connectivity index (χ4v) is 9.81. The van der Waals surface area contributed by atoms with Crippen molar-refractivity contribution in [2.75, 3.05) is 0 Å². The van der Waals surface area contributed by atoms with Gasteiger partial charge in [-0.1, -0.05) is 134 Å². The van der Waals surface area contributed by atoms with Crippen molar-refractivity contribution in [1.82, 2.24) is 9.38 Å². The first-order valence-corrected chi connectivity index (χ1v) is 18.6. The molecule has 11 rings (SSSR count). The molecule has 2 unspecified atom stereocenters. The molecule has 0 aliphatic heterocycles. The normalized spacial score (nSPS) is 17.2. The van der Waals surface area contributed by atoms with Crippen molar-refractivity contribution in [3.63, 3.8) is 0 Å². The summed E-state index contributed by atoms with van der Waals surface area (Å²) in [5.41, 5.74) is 11.1. The van der Waals surface area contributed by atoms with E-state index in [0.717, 1.165) is 11.2 Å². The maximum atomic E-state index is 5.06. The zero-order valence-electron chi connectivity index (χ0n) is 28.0. The van der Waals surface area contributed by atoms with Gasteiger partial charge in [0.1, 0.15) is 16.0 Å². The maximum Gasteiger partial charge on any atom is 0.138 e. The van der Waals surface area contributed by atoms with Gasteiger partial charge in [-0.15, -0.1) is 11.3 Å². The van der Waals surface area contributed by atoms with E-state index in [1.807, 2.05) is 11.3 Å². The summed E-state index contributed by atoms with van der Waals surface area (Å²) < 4.78 is 3.55. The van der Waals surface area contributed by atoms with Gasteiger partial charge in [-0.3, -0.25) is 4.40 Å². The standard InChI is InChI=1S/C48H32N2S/c1-29-36-13-5-4-11-31(36)20-23-37(29)46-39-15-7-6-14-38(39)45(34-19-18-30-10-2-3-12-32(30)26-34)40-24-21-33(27-42(40)46)35-22-25-44-49-47-41-16-8-9-17-43(41)51-48(47)50(44)28-35/h2-29,36H,1H3. The number of benzene rings is 6. The molecule has 0 radical (unpaired) electrons. The number of aromatic nitrogens is 2. The van der Waals surface area contributed by atoms with Gasteiger partial charge in [-0.25, -0.2) is 4.98 Å². The van der Waals surface area contributed by atoms with Gasteiger partial charge >= 0.3 is 0 Å². The molecule has 0 saturated heterocycles. The van der Waals surface area contributed by atoms with Crippen LogP contribution >= 0.6 is 11.3 Å². The van der Waals surface area contributed by atoms with Crippen LogP contribution in [-0.2, 0) is 0 Å². The quantitative estimate of drug-likeness (QED) is 0.171. The molecule has 9 aromatic rings. The molecular weight excluding hydrogens is 637 g/mol. The second-order valence-corrected chi connectivity index (χ2v) is 15.0. The SMILES string of the molecule is CC1C(c2c3ccccc3c(-c3ccc4ccccc4c3)c3ccc(-c4ccc5nc6c7ccccc7sc6n5c4)cc23)=CC=C2C=CC=CC21. The molecule has 3 heteroatoms. The summed E-state index contributed by atoms with van der Waals surface area (Å²) in [7, 11) is 0. The molecule has 0 fully saturated rings. The second-order valence-electron chi connectivity index (χ2n) is 14.0. The van der Waals surface area contributed by atoms with E-state index in [2.05, 4.69) is 175 Å². The number of fused-ring (bicyclic) bond motifs is 9.